The van der Waals surface area contributed by atoms with Crippen molar-refractivity contribution in [2.45, 2.75) is 19.8 Å². The number of thiophene rings is 1. The van der Waals surface area contributed by atoms with Crippen molar-refractivity contribution in [3.63, 3.8) is 0 Å². The van der Waals surface area contributed by atoms with Crippen LogP contribution >= 0.6 is 27.3 Å². The van der Waals surface area contributed by atoms with Crippen LogP contribution in [0.25, 0.3) is 0 Å². The highest BCUT2D eigenvalue weighted by Gasteiger charge is 2.12. The number of carbonyl (C=O) groups is 1. The molecular formula is C14H12BrFOS. The standard InChI is InChI=1S/C14H12BrFOS/c1-2-11-4-6-14(18-11)13(17)8-9-7-10(16)3-5-12(9)15/h3-7H,2,8H2,1H3. The van der Waals surface area contributed by atoms with E-state index >= 15 is 0 Å². The summed E-state index contributed by atoms with van der Waals surface area (Å²) in [5, 5.41) is 0. The molecule has 0 amide bonds. The molecule has 2 rings (SSSR count). The Labute approximate surface area is 118 Å². The van der Waals surface area contributed by atoms with Crippen LogP contribution in [0.1, 0.15) is 27.0 Å². The zero-order valence-electron chi connectivity index (χ0n) is 9.87. The molecule has 0 saturated carbocycles. The van der Waals surface area contributed by atoms with E-state index in [0.29, 0.717) is 5.56 Å². The van der Waals surface area contributed by atoms with E-state index in [2.05, 4.69) is 22.9 Å². The molecule has 0 atom stereocenters. The first-order valence-electron chi connectivity index (χ1n) is 5.66. The van der Waals surface area contributed by atoms with Gasteiger partial charge in [-0.1, -0.05) is 22.9 Å². The summed E-state index contributed by atoms with van der Waals surface area (Å²) < 4.78 is 13.9. The second-order valence-corrected chi connectivity index (χ2v) is 5.98. The van der Waals surface area contributed by atoms with Crippen LogP contribution in [-0.4, -0.2) is 5.78 Å². The van der Waals surface area contributed by atoms with Gasteiger partial charge >= 0.3 is 0 Å². The Balaban J connectivity index is 2.18. The lowest BCUT2D eigenvalue weighted by Gasteiger charge is -2.03. The van der Waals surface area contributed by atoms with Crippen molar-refractivity contribution in [3.05, 3.63) is 55.9 Å². The predicted octanol–water partition coefficient (Wildman–Crippen LogP) is 4.64. The van der Waals surface area contributed by atoms with Gasteiger partial charge in [0.2, 0.25) is 0 Å². The van der Waals surface area contributed by atoms with Gasteiger partial charge in [0.25, 0.3) is 0 Å². The Morgan fingerprint density at radius 1 is 1.33 bits per heavy atom. The minimum atomic E-state index is -0.318. The summed E-state index contributed by atoms with van der Waals surface area (Å²) in [7, 11) is 0. The SMILES string of the molecule is CCc1ccc(C(=O)Cc2cc(F)ccc2Br)s1. The van der Waals surface area contributed by atoms with Crippen LogP contribution in [0.5, 0.6) is 0 Å². The Bertz CT molecular complexity index is 577. The molecule has 0 aliphatic carbocycles. The first-order valence-corrected chi connectivity index (χ1v) is 7.27. The summed E-state index contributed by atoms with van der Waals surface area (Å²) in [4.78, 5) is 14.0. The number of halogens is 2. The van der Waals surface area contributed by atoms with Gasteiger partial charge in [-0.2, -0.15) is 0 Å². The molecule has 0 radical (unpaired) electrons. The normalized spacial score (nSPS) is 10.6. The van der Waals surface area contributed by atoms with E-state index in [1.807, 2.05) is 12.1 Å². The first-order chi connectivity index (χ1) is 8.60. The summed E-state index contributed by atoms with van der Waals surface area (Å²) in [6.07, 6.45) is 1.16. The smallest absolute Gasteiger partial charge is 0.177 e. The lowest BCUT2D eigenvalue weighted by atomic mass is 10.1. The van der Waals surface area contributed by atoms with E-state index in [4.69, 9.17) is 0 Å². The van der Waals surface area contributed by atoms with Crippen molar-refractivity contribution in [2.24, 2.45) is 0 Å². The number of hydrogen-bond donors (Lipinski definition) is 0. The quantitative estimate of drug-likeness (QED) is 0.748. The lowest BCUT2D eigenvalue weighted by molar-refractivity contribution is 0.0996. The number of aryl methyl sites for hydroxylation is 1. The first kappa shape index (κ1) is 13.4. The maximum absolute atomic E-state index is 13.1. The Morgan fingerprint density at radius 2 is 2.11 bits per heavy atom. The van der Waals surface area contributed by atoms with Gasteiger partial charge in [-0.15, -0.1) is 11.3 Å². The molecular weight excluding hydrogens is 315 g/mol. The van der Waals surface area contributed by atoms with E-state index in [0.717, 1.165) is 15.8 Å². The minimum Gasteiger partial charge on any atom is -0.293 e. The lowest BCUT2D eigenvalue weighted by Crippen LogP contribution is -2.02. The van der Waals surface area contributed by atoms with Gasteiger partial charge in [-0.25, -0.2) is 4.39 Å². The molecule has 1 nitrogen and oxygen atoms in total. The van der Waals surface area contributed by atoms with Crippen molar-refractivity contribution in [3.8, 4) is 0 Å². The molecule has 0 saturated heterocycles. The molecule has 0 N–H and O–H groups in total. The highest BCUT2D eigenvalue weighted by molar-refractivity contribution is 9.10. The fourth-order valence-electron chi connectivity index (χ4n) is 1.66. The summed E-state index contributed by atoms with van der Waals surface area (Å²) >= 11 is 4.85. The van der Waals surface area contributed by atoms with Gasteiger partial charge in [-0.3, -0.25) is 4.79 Å². The van der Waals surface area contributed by atoms with Crippen molar-refractivity contribution in [1.82, 2.24) is 0 Å². The van der Waals surface area contributed by atoms with Gasteiger partial charge in [0.15, 0.2) is 5.78 Å². The third-order valence-corrected chi connectivity index (χ3v) is 4.69. The van der Waals surface area contributed by atoms with E-state index in [-0.39, 0.29) is 18.0 Å². The van der Waals surface area contributed by atoms with E-state index in [1.165, 1.54) is 28.3 Å². The van der Waals surface area contributed by atoms with Crippen LogP contribution in [0.2, 0.25) is 0 Å². The fourth-order valence-corrected chi connectivity index (χ4v) is 2.93. The summed E-state index contributed by atoms with van der Waals surface area (Å²) in [5.74, 6) is -0.285. The largest absolute Gasteiger partial charge is 0.293 e. The Hall–Kier alpha value is -1.00. The Kier molecular flexibility index (Phi) is 4.30. The van der Waals surface area contributed by atoms with E-state index < -0.39 is 0 Å². The maximum Gasteiger partial charge on any atom is 0.177 e. The van der Waals surface area contributed by atoms with Crippen molar-refractivity contribution >= 4 is 33.0 Å². The second kappa shape index (κ2) is 5.76. The van der Waals surface area contributed by atoms with Crippen LogP contribution in [0, 0.1) is 5.82 Å². The summed E-state index contributed by atoms with van der Waals surface area (Å²) in [6.45, 7) is 2.06. The predicted molar refractivity (Wildman–Crippen MR) is 75.8 cm³/mol. The zero-order chi connectivity index (χ0) is 13.1. The van der Waals surface area contributed by atoms with Crippen molar-refractivity contribution in [2.75, 3.05) is 0 Å². The monoisotopic (exact) mass is 326 g/mol. The molecule has 1 heterocycles. The van der Waals surface area contributed by atoms with Crippen LogP contribution < -0.4 is 0 Å². The zero-order valence-corrected chi connectivity index (χ0v) is 12.3. The van der Waals surface area contributed by atoms with E-state index in [9.17, 15) is 9.18 Å². The Morgan fingerprint density at radius 3 is 2.78 bits per heavy atom. The van der Waals surface area contributed by atoms with Gasteiger partial charge in [0.05, 0.1) is 4.88 Å². The number of ketones is 1. The molecule has 18 heavy (non-hydrogen) atoms. The second-order valence-electron chi connectivity index (χ2n) is 3.96. The van der Waals surface area contributed by atoms with Crippen molar-refractivity contribution < 1.29 is 9.18 Å². The molecule has 0 bridgehead atoms. The van der Waals surface area contributed by atoms with Crippen LogP contribution in [-0.2, 0) is 12.8 Å². The molecule has 0 aliphatic heterocycles. The summed E-state index contributed by atoms with van der Waals surface area (Å²) in [5.41, 5.74) is 0.687. The van der Waals surface area contributed by atoms with Gasteiger partial charge in [-0.05, 0) is 42.3 Å². The van der Waals surface area contributed by atoms with Gasteiger partial charge in [0, 0.05) is 15.8 Å². The maximum atomic E-state index is 13.1. The molecule has 0 aliphatic rings. The van der Waals surface area contributed by atoms with Crippen LogP contribution in [0.3, 0.4) is 0 Å². The van der Waals surface area contributed by atoms with Crippen molar-refractivity contribution in [1.29, 1.82) is 0 Å². The molecule has 0 fully saturated rings. The molecule has 94 valence electrons. The highest BCUT2D eigenvalue weighted by atomic mass is 79.9. The number of benzene rings is 1. The average Bonchev–Trinajstić information content (AvgIpc) is 2.82. The fraction of sp³-hybridized carbons (Fsp3) is 0.214. The molecule has 4 heteroatoms. The van der Waals surface area contributed by atoms with Crippen LogP contribution in [0.15, 0.2) is 34.8 Å². The van der Waals surface area contributed by atoms with Gasteiger partial charge in [0.1, 0.15) is 5.82 Å². The van der Waals surface area contributed by atoms with Gasteiger partial charge < -0.3 is 0 Å². The molecule has 0 unspecified atom stereocenters. The third kappa shape index (κ3) is 3.06. The van der Waals surface area contributed by atoms with Crippen LogP contribution in [0.4, 0.5) is 4.39 Å². The van der Waals surface area contributed by atoms with E-state index in [1.54, 1.807) is 6.07 Å². The third-order valence-electron chi connectivity index (χ3n) is 2.64. The number of rotatable bonds is 4. The highest BCUT2D eigenvalue weighted by Crippen LogP contribution is 2.23. The molecule has 1 aromatic carbocycles. The number of hydrogen-bond acceptors (Lipinski definition) is 2. The average molecular weight is 327 g/mol. The molecule has 2 aromatic rings. The summed E-state index contributed by atoms with van der Waals surface area (Å²) in [6, 6.07) is 8.22. The molecule has 1 aromatic heterocycles. The topological polar surface area (TPSA) is 17.1 Å². The minimum absolute atomic E-state index is 0.0333. The number of carbonyl (C=O) groups excluding carboxylic acids is 1. The number of Topliss-reactive ketones (excluding diaryl/α,β-unsaturated/α-hetero) is 1. The molecule has 0 spiro atoms.